The molecule has 0 radical (unpaired) electrons. The van der Waals surface area contributed by atoms with Gasteiger partial charge in [-0.15, -0.1) is 0 Å². The second kappa shape index (κ2) is 2.80. The summed E-state index contributed by atoms with van der Waals surface area (Å²) in [4.78, 5) is 23.8. The summed E-state index contributed by atoms with van der Waals surface area (Å²) in [5, 5.41) is 4.07. The molecule has 5 heteroatoms. The maximum absolute atomic E-state index is 11.3. The zero-order chi connectivity index (χ0) is 10.3. The van der Waals surface area contributed by atoms with Gasteiger partial charge in [-0.2, -0.15) is 5.10 Å². The van der Waals surface area contributed by atoms with E-state index in [0.717, 1.165) is 4.90 Å². The molecule has 0 bridgehead atoms. The Morgan fingerprint density at radius 2 is 1.79 bits per heavy atom. The van der Waals surface area contributed by atoms with Gasteiger partial charge < -0.3 is 0 Å². The summed E-state index contributed by atoms with van der Waals surface area (Å²) in [6.07, 6.45) is 4.17. The number of aromatic nitrogens is 2. The largest absolute Gasteiger partial charge is 0.273 e. The van der Waals surface area contributed by atoms with Crippen LogP contribution in [0.5, 0.6) is 0 Å². The fraction of sp³-hybridized carbons (Fsp3) is 0.222. The minimum absolute atomic E-state index is 0.314. The van der Waals surface area contributed by atoms with Gasteiger partial charge in [-0.3, -0.25) is 14.3 Å². The molecule has 2 heterocycles. The molecule has 0 spiro atoms. The highest BCUT2D eigenvalue weighted by Crippen LogP contribution is 2.21. The molecule has 0 aliphatic carbocycles. The first-order chi connectivity index (χ1) is 6.59. The van der Waals surface area contributed by atoms with Gasteiger partial charge in [0.05, 0.1) is 11.4 Å². The van der Waals surface area contributed by atoms with Crippen LogP contribution in [0.15, 0.2) is 18.3 Å². The van der Waals surface area contributed by atoms with Crippen LogP contribution in [0.25, 0.3) is 0 Å². The molecule has 72 valence electrons. The van der Waals surface area contributed by atoms with Crippen molar-refractivity contribution in [3.8, 4) is 0 Å². The van der Waals surface area contributed by atoms with Gasteiger partial charge in [0.25, 0.3) is 11.8 Å². The molecule has 1 aliphatic rings. The summed E-state index contributed by atoms with van der Waals surface area (Å²) in [5.41, 5.74) is 1.21. The lowest BCUT2D eigenvalue weighted by atomic mass is 10.3. The fourth-order valence-electron chi connectivity index (χ4n) is 1.44. The number of carbonyl (C=O) groups excluding carboxylic acids is 2. The number of hydrogen-bond acceptors (Lipinski definition) is 3. The van der Waals surface area contributed by atoms with Gasteiger partial charge in [0.2, 0.25) is 0 Å². The van der Waals surface area contributed by atoms with Gasteiger partial charge in [-0.05, 0) is 6.92 Å². The van der Waals surface area contributed by atoms with Gasteiger partial charge in [0.1, 0.15) is 0 Å². The maximum Gasteiger partial charge on any atom is 0.258 e. The number of nitrogens with zero attached hydrogens (tertiary/aromatic N) is 3. The Morgan fingerprint density at radius 1 is 1.21 bits per heavy atom. The van der Waals surface area contributed by atoms with Crippen molar-refractivity contribution < 1.29 is 9.59 Å². The van der Waals surface area contributed by atoms with Crippen LogP contribution in [0.3, 0.4) is 0 Å². The molecular weight excluding hydrogens is 182 g/mol. The number of rotatable bonds is 1. The van der Waals surface area contributed by atoms with Crippen LogP contribution in [0.4, 0.5) is 5.69 Å². The predicted molar refractivity (Wildman–Crippen MR) is 49.6 cm³/mol. The maximum atomic E-state index is 11.3. The summed E-state index contributed by atoms with van der Waals surface area (Å²) in [6, 6.07) is 0. The van der Waals surface area contributed by atoms with Crippen molar-refractivity contribution in [2.75, 3.05) is 4.90 Å². The zero-order valence-electron chi connectivity index (χ0n) is 7.89. The van der Waals surface area contributed by atoms with Crippen LogP contribution in [0.2, 0.25) is 0 Å². The molecule has 0 aromatic carbocycles. The number of aryl methyl sites for hydroxylation is 2. The third kappa shape index (κ3) is 1.14. The van der Waals surface area contributed by atoms with Gasteiger partial charge in [-0.25, -0.2) is 4.90 Å². The quantitative estimate of drug-likeness (QED) is 0.594. The third-order valence-corrected chi connectivity index (χ3v) is 2.04. The summed E-state index contributed by atoms with van der Waals surface area (Å²) in [6.45, 7) is 1.76. The van der Waals surface area contributed by atoms with Crippen molar-refractivity contribution in [1.29, 1.82) is 0 Å². The van der Waals surface area contributed by atoms with Gasteiger partial charge in [0, 0.05) is 25.4 Å². The third-order valence-electron chi connectivity index (χ3n) is 2.04. The van der Waals surface area contributed by atoms with Crippen molar-refractivity contribution in [3.63, 3.8) is 0 Å². The van der Waals surface area contributed by atoms with E-state index in [4.69, 9.17) is 0 Å². The fourth-order valence-corrected chi connectivity index (χ4v) is 1.44. The highest BCUT2D eigenvalue weighted by Gasteiger charge is 2.27. The summed E-state index contributed by atoms with van der Waals surface area (Å²) in [5.74, 6) is -0.628. The van der Waals surface area contributed by atoms with E-state index in [9.17, 15) is 9.59 Å². The standard InChI is InChI=1S/C9H9N3O2/c1-6-7(5-11(2)10-6)12-8(13)3-4-9(12)14/h3-5H,1-2H3. The highest BCUT2D eigenvalue weighted by atomic mass is 16.2. The number of imide groups is 1. The predicted octanol–water partition coefficient (Wildman–Crippen LogP) is 0.158. The zero-order valence-corrected chi connectivity index (χ0v) is 7.89. The molecular formula is C9H9N3O2. The molecule has 0 fully saturated rings. The minimum atomic E-state index is -0.314. The van der Waals surface area contributed by atoms with E-state index in [0.29, 0.717) is 11.4 Å². The first-order valence-corrected chi connectivity index (χ1v) is 4.16. The Hall–Kier alpha value is -1.91. The average molecular weight is 191 g/mol. The number of amides is 2. The summed E-state index contributed by atoms with van der Waals surface area (Å²) < 4.78 is 1.57. The molecule has 0 atom stereocenters. The van der Waals surface area contributed by atoms with Crippen LogP contribution < -0.4 is 4.90 Å². The Morgan fingerprint density at radius 3 is 2.21 bits per heavy atom. The van der Waals surface area contributed by atoms with Crippen molar-refractivity contribution in [3.05, 3.63) is 24.0 Å². The molecule has 2 rings (SSSR count). The molecule has 0 saturated carbocycles. The van der Waals surface area contributed by atoms with E-state index in [2.05, 4.69) is 5.10 Å². The second-order valence-corrected chi connectivity index (χ2v) is 3.12. The first-order valence-electron chi connectivity index (χ1n) is 4.16. The molecule has 1 aromatic rings. The van der Waals surface area contributed by atoms with Crippen molar-refractivity contribution in [2.24, 2.45) is 7.05 Å². The SMILES string of the molecule is Cc1nn(C)cc1N1C(=O)C=CC1=O. The molecule has 0 N–H and O–H groups in total. The minimum Gasteiger partial charge on any atom is -0.273 e. The Balaban J connectivity index is 2.45. The highest BCUT2D eigenvalue weighted by molar-refractivity contribution is 6.28. The van der Waals surface area contributed by atoms with Crippen molar-refractivity contribution in [2.45, 2.75) is 6.92 Å². The first kappa shape index (κ1) is 8.68. The van der Waals surface area contributed by atoms with E-state index in [1.807, 2.05) is 0 Å². The molecule has 1 aromatic heterocycles. The number of hydrogen-bond donors (Lipinski definition) is 0. The normalized spacial score (nSPS) is 15.7. The number of carbonyl (C=O) groups is 2. The molecule has 14 heavy (non-hydrogen) atoms. The lowest BCUT2D eigenvalue weighted by Crippen LogP contribution is -2.29. The van der Waals surface area contributed by atoms with Crippen LogP contribution >= 0.6 is 0 Å². The Bertz CT molecular complexity index is 427. The lowest BCUT2D eigenvalue weighted by Gasteiger charge is -2.11. The van der Waals surface area contributed by atoms with Crippen LogP contribution in [-0.4, -0.2) is 21.6 Å². The topological polar surface area (TPSA) is 55.2 Å². The molecule has 0 saturated heterocycles. The average Bonchev–Trinajstić information content (AvgIpc) is 2.57. The summed E-state index contributed by atoms with van der Waals surface area (Å²) >= 11 is 0. The van der Waals surface area contributed by atoms with E-state index >= 15 is 0 Å². The van der Waals surface area contributed by atoms with Crippen LogP contribution in [0, 0.1) is 6.92 Å². The summed E-state index contributed by atoms with van der Waals surface area (Å²) in [7, 11) is 1.74. The monoisotopic (exact) mass is 191 g/mol. The van der Waals surface area contributed by atoms with Crippen LogP contribution in [0.1, 0.15) is 5.69 Å². The Kier molecular flexibility index (Phi) is 1.73. The van der Waals surface area contributed by atoms with E-state index in [1.54, 1.807) is 24.9 Å². The second-order valence-electron chi connectivity index (χ2n) is 3.12. The van der Waals surface area contributed by atoms with Crippen molar-refractivity contribution in [1.82, 2.24) is 9.78 Å². The molecule has 5 nitrogen and oxygen atoms in total. The Labute approximate surface area is 80.6 Å². The molecule has 0 unspecified atom stereocenters. The lowest BCUT2D eigenvalue weighted by molar-refractivity contribution is -0.119. The molecule has 2 amide bonds. The van der Waals surface area contributed by atoms with Gasteiger partial charge in [0.15, 0.2) is 0 Å². The number of anilines is 1. The van der Waals surface area contributed by atoms with E-state index < -0.39 is 0 Å². The van der Waals surface area contributed by atoms with E-state index in [-0.39, 0.29) is 11.8 Å². The molecule has 1 aliphatic heterocycles. The smallest absolute Gasteiger partial charge is 0.258 e. The van der Waals surface area contributed by atoms with Gasteiger partial charge >= 0.3 is 0 Å². The van der Waals surface area contributed by atoms with Crippen LogP contribution in [-0.2, 0) is 16.6 Å². The van der Waals surface area contributed by atoms with E-state index in [1.165, 1.54) is 12.2 Å². The van der Waals surface area contributed by atoms with Gasteiger partial charge in [-0.1, -0.05) is 0 Å². The van der Waals surface area contributed by atoms with Crippen molar-refractivity contribution >= 4 is 17.5 Å².